The number of primary sulfonamides is 1. The molecule has 10 nitrogen and oxygen atoms in total. The van der Waals surface area contributed by atoms with E-state index in [0.717, 1.165) is 57.7 Å². The highest BCUT2D eigenvalue weighted by molar-refractivity contribution is 7.89. The molecule has 3 heterocycles. The Bertz CT molecular complexity index is 1840. The highest BCUT2D eigenvalue weighted by atomic mass is 32.2. The molecule has 14 heteroatoms. The third-order valence-corrected chi connectivity index (χ3v) is 10.6. The first-order valence-electron chi connectivity index (χ1n) is 16.1. The van der Waals surface area contributed by atoms with Crippen LogP contribution >= 0.6 is 0 Å². The molecule has 1 spiro atoms. The fraction of sp³-hybridized carbons (Fsp3) is 0.500. The molecule has 0 atom stereocenters. The first kappa shape index (κ1) is 33.9. The van der Waals surface area contributed by atoms with Gasteiger partial charge in [-0.1, -0.05) is 12.0 Å². The molecular formula is C34H39F3N6O4S. The predicted molar refractivity (Wildman–Crippen MR) is 177 cm³/mol. The number of hydrogen-bond acceptors (Lipinski definition) is 7. The van der Waals surface area contributed by atoms with E-state index in [0.29, 0.717) is 28.0 Å². The summed E-state index contributed by atoms with van der Waals surface area (Å²) in [6.07, 6.45) is 2.12. The Morgan fingerprint density at radius 2 is 1.83 bits per heavy atom. The van der Waals surface area contributed by atoms with Crippen molar-refractivity contribution in [3.8, 4) is 17.6 Å². The zero-order chi connectivity index (χ0) is 33.9. The van der Waals surface area contributed by atoms with Crippen LogP contribution in [0.1, 0.15) is 44.2 Å². The van der Waals surface area contributed by atoms with Crippen LogP contribution in [0.15, 0.2) is 47.4 Å². The van der Waals surface area contributed by atoms with Gasteiger partial charge in [-0.25, -0.2) is 20.1 Å². The number of aromatic nitrogens is 1. The fourth-order valence-electron chi connectivity index (χ4n) is 7.03. The number of halogens is 3. The summed E-state index contributed by atoms with van der Waals surface area (Å²) in [6, 6.07) is 11.8. The summed E-state index contributed by atoms with van der Waals surface area (Å²) in [5.41, 5.74) is 2.22. The van der Waals surface area contributed by atoms with Gasteiger partial charge in [0.25, 0.3) is 0 Å². The van der Waals surface area contributed by atoms with Crippen LogP contribution in [-0.4, -0.2) is 75.7 Å². The van der Waals surface area contributed by atoms with E-state index in [4.69, 9.17) is 21.2 Å². The van der Waals surface area contributed by atoms with Gasteiger partial charge < -0.3 is 29.6 Å². The summed E-state index contributed by atoms with van der Waals surface area (Å²) < 4.78 is 76.7. The normalized spacial score (nSPS) is 21.1. The first-order valence-corrected chi connectivity index (χ1v) is 17.6. The van der Waals surface area contributed by atoms with E-state index in [1.54, 1.807) is 18.2 Å². The standard InChI is InChI=1S/C34H39F3N6O4S/c1-39-23-47-32-19-27(48(38,44)45)11-12-30(32)40-15-3-4-26-18-28-29(5-2-6-31(28)43(26)20-34(35,36)37)41-24-7-9-25(10-8-24)42-16-13-33(14-17-42)21-46-22-33/h2,5-6,11-12,18-19,24-25,40-41H,7-10,13-17,20-23H2,(H2,38,44,45). The van der Waals surface area contributed by atoms with E-state index < -0.39 is 22.7 Å². The SMILES string of the molecule is [C-]#[N+]COc1cc(S(N)(=O)=O)ccc1NCC#Cc1cc2c(NC3CCC(N4CCC5(CC4)COC5)CC3)cccc2n1CC(F)(F)F. The molecule has 4 N–H and O–H groups in total. The average Bonchev–Trinajstić information content (AvgIpc) is 3.38. The molecule has 2 saturated heterocycles. The van der Waals surface area contributed by atoms with Crippen molar-refractivity contribution >= 4 is 32.3 Å². The zero-order valence-corrected chi connectivity index (χ0v) is 27.3. The third kappa shape index (κ3) is 7.84. The molecule has 2 aliphatic heterocycles. The number of nitrogens with zero attached hydrogens (tertiary/aromatic N) is 3. The first-order chi connectivity index (χ1) is 22.9. The van der Waals surface area contributed by atoms with Gasteiger partial charge in [-0.05, 0) is 87.9 Å². The number of likely N-dealkylation sites (tertiary alicyclic amines) is 1. The van der Waals surface area contributed by atoms with Gasteiger partial charge in [0.05, 0.1) is 41.6 Å². The molecule has 48 heavy (non-hydrogen) atoms. The summed E-state index contributed by atoms with van der Waals surface area (Å²) in [6.45, 7) is 9.49. The molecule has 1 saturated carbocycles. The molecule has 0 radical (unpaired) electrons. The second-order valence-electron chi connectivity index (χ2n) is 12.9. The predicted octanol–water partition coefficient (Wildman–Crippen LogP) is 5.41. The Labute approximate surface area is 278 Å². The minimum atomic E-state index is -4.46. The number of rotatable bonds is 9. The molecule has 0 amide bonds. The molecular weight excluding hydrogens is 645 g/mol. The lowest BCUT2D eigenvalue weighted by Crippen LogP contribution is -2.53. The van der Waals surface area contributed by atoms with Crippen molar-refractivity contribution in [1.29, 1.82) is 0 Å². The molecule has 3 aromatic rings. The van der Waals surface area contributed by atoms with Gasteiger partial charge in [-0.2, -0.15) is 13.2 Å². The molecule has 0 bridgehead atoms. The van der Waals surface area contributed by atoms with Crippen molar-refractivity contribution in [3.63, 3.8) is 0 Å². The van der Waals surface area contributed by atoms with Crippen LogP contribution in [0.25, 0.3) is 15.7 Å². The monoisotopic (exact) mass is 684 g/mol. The molecule has 3 aliphatic rings. The van der Waals surface area contributed by atoms with E-state index in [1.807, 2.05) is 6.07 Å². The van der Waals surface area contributed by atoms with E-state index >= 15 is 0 Å². The lowest BCUT2D eigenvalue weighted by Gasteiger charge is -2.49. The second kappa shape index (κ2) is 13.9. The van der Waals surface area contributed by atoms with Crippen molar-refractivity contribution in [2.24, 2.45) is 10.6 Å². The topological polar surface area (TPSA) is 115 Å². The number of nitrogens with one attached hydrogen (secondary N) is 2. The van der Waals surface area contributed by atoms with Gasteiger partial charge in [0.2, 0.25) is 10.0 Å². The molecule has 6 rings (SSSR count). The number of hydrogen-bond donors (Lipinski definition) is 3. The van der Waals surface area contributed by atoms with Crippen LogP contribution < -0.4 is 20.5 Å². The Kier molecular flexibility index (Phi) is 9.81. The lowest BCUT2D eigenvalue weighted by molar-refractivity contribution is -0.143. The van der Waals surface area contributed by atoms with Crippen LogP contribution in [0.2, 0.25) is 0 Å². The molecule has 1 aromatic heterocycles. The molecule has 1 aliphatic carbocycles. The maximum Gasteiger partial charge on any atom is 0.406 e. The number of ether oxygens (including phenoxy) is 2. The highest BCUT2D eigenvalue weighted by Gasteiger charge is 2.42. The second-order valence-corrected chi connectivity index (χ2v) is 14.5. The van der Waals surface area contributed by atoms with E-state index in [9.17, 15) is 21.6 Å². The molecule has 0 unspecified atom stereocenters. The van der Waals surface area contributed by atoms with E-state index in [2.05, 4.69) is 32.2 Å². The van der Waals surface area contributed by atoms with Crippen molar-refractivity contribution in [1.82, 2.24) is 9.47 Å². The maximum atomic E-state index is 13.7. The number of anilines is 2. The van der Waals surface area contributed by atoms with Gasteiger partial charge in [0, 0.05) is 34.6 Å². The van der Waals surface area contributed by atoms with Crippen LogP contribution in [0.4, 0.5) is 24.5 Å². The number of fused-ring (bicyclic) bond motifs is 1. The molecule has 256 valence electrons. The van der Waals surface area contributed by atoms with Gasteiger partial charge in [0.1, 0.15) is 6.54 Å². The minimum Gasteiger partial charge on any atom is -0.424 e. The number of piperidine rings is 1. The van der Waals surface area contributed by atoms with E-state index in [-0.39, 0.29) is 35.7 Å². The quantitative estimate of drug-likeness (QED) is 0.204. The third-order valence-electron chi connectivity index (χ3n) is 9.68. The number of sulfonamides is 1. The van der Waals surface area contributed by atoms with Gasteiger partial charge >= 0.3 is 12.9 Å². The van der Waals surface area contributed by atoms with Crippen LogP contribution in [-0.2, 0) is 21.3 Å². The molecule has 2 aromatic carbocycles. The molecule has 3 fully saturated rings. The summed E-state index contributed by atoms with van der Waals surface area (Å²) in [4.78, 5) is 5.57. The van der Waals surface area contributed by atoms with Crippen molar-refractivity contribution < 1.29 is 31.1 Å². The largest absolute Gasteiger partial charge is 0.424 e. The van der Waals surface area contributed by atoms with Crippen LogP contribution in [0.3, 0.4) is 0 Å². The Morgan fingerprint density at radius 3 is 2.48 bits per heavy atom. The Hall–Kier alpha value is -3.95. The summed E-state index contributed by atoms with van der Waals surface area (Å²) >= 11 is 0. The number of nitrogens with two attached hydrogens (primary N) is 1. The minimum absolute atomic E-state index is 0.0107. The summed E-state index contributed by atoms with van der Waals surface area (Å²) in [5, 5.41) is 12.5. The van der Waals surface area contributed by atoms with E-state index in [1.165, 1.54) is 35.6 Å². The fourth-order valence-corrected chi connectivity index (χ4v) is 7.56. The summed E-state index contributed by atoms with van der Waals surface area (Å²) in [7, 11) is -4.00. The van der Waals surface area contributed by atoms with Gasteiger partial charge in [0.15, 0.2) is 5.75 Å². The number of alkyl halides is 3. The van der Waals surface area contributed by atoms with Crippen molar-refractivity contribution in [2.45, 2.75) is 68.2 Å². The zero-order valence-electron chi connectivity index (χ0n) is 26.5. The smallest absolute Gasteiger partial charge is 0.406 e. The maximum absolute atomic E-state index is 13.7. The van der Waals surface area contributed by atoms with Gasteiger partial charge in [-0.15, -0.1) is 0 Å². The lowest BCUT2D eigenvalue weighted by atomic mass is 9.76. The van der Waals surface area contributed by atoms with Crippen molar-refractivity contribution in [3.05, 3.63) is 59.6 Å². The Balaban J connectivity index is 1.15. The van der Waals surface area contributed by atoms with Crippen LogP contribution in [0.5, 0.6) is 5.75 Å². The number of benzene rings is 2. The van der Waals surface area contributed by atoms with Crippen LogP contribution in [0, 0.1) is 23.8 Å². The Morgan fingerprint density at radius 1 is 1.08 bits per heavy atom. The van der Waals surface area contributed by atoms with Gasteiger partial charge in [-0.3, -0.25) is 4.85 Å². The van der Waals surface area contributed by atoms with Crippen molar-refractivity contribution in [2.75, 3.05) is 50.2 Å². The average molecular weight is 685 g/mol. The summed E-state index contributed by atoms with van der Waals surface area (Å²) in [5.74, 6) is 5.85. The highest BCUT2D eigenvalue weighted by Crippen LogP contribution is 2.40.